The second kappa shape index (κ2) is 8.13. The molecular weight excluding hydrogens is 358 g/mol. The zero-order valence-electron chi connectivity index (χ0n) is 13.9. The van der Waals surface area contributed by atoms with Crippen molar-refractivity contribution in [2.45, 2.75) is 24.9 Å². The maximum Gasteiger partial charge on any atom is 0.321 e. The zero-order valence-corrected chi connectivity index (χ0v) is 15.5. The molecule has 0 saturated carbocycles. The highest BCUT2D eigenvalue weighted by atomic mass is 35.5. The highest BCUT2D eigenvalue weighted by Gasteiger charge is 2.39. The van der Waals surface area contributed by atoms with Crippen molar-refractivity contribution in [3.05, 3.63) is 64.7 Å². The summed E-state index contributed by atoms with van der Waals surface area (Å²) in [5, 5.41) is 10.2. The van der Waals surface area contributed by atoms with Crippen LogP contribution in [0.2, 0.25) is 5.02 Å². The Morgan fingerprint density at radius 2 is 2.08 bits per heavy atom. The lowest BCUT2D eigenvalue weighted by atomic mass is 10.1. The zero-order chi connectivity index (χ0) is 17.8. The molecule has 2 aromatic carbocycles. The summed E-state index contributed by atoms with van der Waals surface area (Å²) in [5.74, 6) is 0.593. The predicted octanol–water partition coefficient (Wildman–Crippen LogP) is 4.44. The second-order valence-electron chi connectivity index (χ2n) is 5.84. The molecule has 2 aromatic rings. The number of thioether (sulfide) groups is 1. The van der Waals surface area contributed by atoms with Gasteiger partial charge in [-0.15, -0.1) is 11.8 Å². The van der Waals surface area contributed by atoms with Crippen LogP contribution in [-0.4, -0.2) is 34.4 Å². The molecule has 0 bridgehead atoms. The number of ether oxygens (including phenoxy) is 1. The number of rotatable bonds is 6. The van der Waals surface area contributed by atoms with Crippen molar-refractivity contribution in [2.24, 2.45) is 0 Å². The highest BCUT2D eigenvalue weighted by Crippen LogP contribution is 2.42. The first kappa shape index (κ1) is 18.1. The number of hydrogen-bond donors (Lipinski definition) is 1. The largest absolute Gasteiger partial charge is 0.494 e. The molecule has 0 aliphatic carbocycles. The topological polar surface area (TPSA) is 49.8 Å². The summed E-state index contributed by atoms with van der Waals surface area (Å²) < 4.78 is 5.47. The van der Waals surface area contributed by atoms with E-state index in [4.69, 9.17) is 16.3 Å². The van der Waals surface area contributed by atoms with Crippen molar-refractivity contribution in [3.8, 4) is 5.75 Å². The number of halogens is 1. The first-order valence-electron chi connectivity index (χ1n) is 8.16. The van der Waals surface area contributed by atoms with E-state index in [0.29, 0.717) is 23.9 Å². The number of carboxylic acid groups (broad SMARTS) is 1. The van der Waals surface area contributed by atoms with Crippen LogP contribution in [0.15, 0.2) is 48.5 Å². The number of carboxylic acids is 1. The fourth-order valence-corrected chi connectivity index (χ4v) is 4.61. The summed E-state index contributed by atoms with van der Waals surface area (Å²) in [6, 6.07) is 15.0. The molecule has 132 valence electrons. The quantitative estimate of drug-likeness (QED) is 0.806. The van der Waals surface area contributed by atoms with Crippen LogP contribution < -0.4 is 4.74 Å². The molecule has 1 saturated heterocycles. The van der Waals surface area contributed by atoms with Crippen molar-refractivity contribution >= 4 is 29.3 Å². The van der Waals surface area contributed by atoms with Gasteiger partial charge in [0.15, 0.2) is 0 Å². The third-order valence-corrected chi connectivity index (χ3v) is 5.73. The van der Waals surface area contributed by atoms with Crippen molar-refractivity contribution < 1.29 is 14.6 Å². The first-order valence-corrected chi connectivity index (χ1v) is 9.58. The lowest BCUT2D eigenvalue weighted by Gasteiger charge is -2.27. The second-order valence-corrected chi connectivity index (χ2v) is 7.39. The molecule has 1 fully saturated rings. The van der Waals surface area contributed by atoms with E-state index in [1.165, 1.54) is 0 Å². The van der Waals surface area contributed by atoms with Crippen molar-refractivity contribution in [1.29, 1.82) is 0 Å². The fraction of sp³-hybridized carbons (Fsp3) is 0.316. The molecule has 0 aromatic heterocycles. The van der Waals surface area contributed by atoms with Crippen molar-refractivity contribution in [2.75, 3.05) is 12.4 Å². The molecule has 0 amide bonds. The molecule has 1 aliphatic rings. The molecule has 25 heavy (non-hydrogen) atoms. The number of hydrogen-bond acceptors (Lipinski definition) is 4. The lowest BCUT2D eigenvalue weighted by molar-refractivity contribution is -0.142. The van der Waals surface area contributed by atoms with Gasteiger partial charge in [-0.3, -0.25) is 9.69 Å². The first-order chi connectivity index (χ1) is 12.1. The average molecular weight is 378 g/mol. The Labute approximate surface area is 156 Å². The van der Waals surface area contributed by atoms with E-state index in [1.807, 2.05) is 60.4 Å². The van der Waals surface area contributed by atoms with E-state index in [2.05, 4.69) is 0 Å². The van der Waals surface area contributed by atoms with Crippen molar-refractivity contribution in [1.82, 2.24) is 4.90 Å². The number of aliphatic carboxylic acids is 1. The van der Waals surface area contributed by atoms with Crippen LogP contribution in [-0.2, 0) is 11.3 Å². The molecular formula is C19H20ClNO3S. The Bertz CT molecular complexity index is 738. The van der Waals surface area contributed by atoms with Crippen LogP contribution in [0.3, 0.4) is 0 Å². The molecule has 2 atom stereocenters. The van der Waals surface area contributed by atoms with Crippen LogP contribution >= 0.6 is 23.4 Å². The molecule has 1 N–H and O–H groups in total. The molecule has 4 nitrogen and oxygen atoms in total. The van der Waals surface area contributed by atoms with Crippen LogP contribution in [0.4, 0.5) is 0 Å². The summed E-state index contributed by atoms with van der Waals surface area (Å²) >= 11 is 7.76. The minimum absolute atomic E-state index is 0.0219. The van der Waals surface area contributed by atoms with Gasteiger partial charge in [-0.1, -0.05) is 35.9 Å². The van der Waals surface area contributed by atoms with E-state index in [-0.39, 0.29) is 5.37 Å². The molecule has 1 aliphatic heterocycles. The highest BCUT2D eigenvalue weighted by molar-refractivity contribution is 7.99. The predicted molar refractivity (Wildman–Crippen MR) is 101 cm³/mol. The van der Waals surface area contributed by atoms with E-state index in [0.717, 1.165) is 16.9 Å². The average Bonchev–Trinajstić information content (AvgIpc) is 3.01. The van der Waals surface area contributed by atoms with Crippen LogP contribution in [0.1, 0.15) is 23.4 Å². The van der Waals surface area contributed by atoms with Crippen LogP contribution in [0, 0.1) is 0 Å². The summed E-state index contributed by atoms with van der Waals surface area (Å²) in [7, 11) is 0. The monoisotopic (exact) mass is 377 g/mol. The summed E-state index contributed by atoms with van der Waals surface area (Å²) in [4.78, 5) is 13.7. The van der Waals surface area contributed by atoms with Crippen molar-refractivity contribution in [3.63, 3.8) is 0 Å². The molecule has 6 heteroatoms. The van der Waals surface area contributed by atoms with Gasteiger partial charge in [0, 0.05) is 17.3 Å². The van der Waals surface area contributed by atoms with Crippen LogP contribution in [0.25, 0.3) is 0 Å². The number of benzene rings is 2. The SMILES string of the molecule is CCOc1ccc(CN2C(C(=O)O)CSC2c2cccc(Cl)c2)cc1. The Hall–Kier alpha value is -1.69. The summed E-state index contributed by atoms with van der Waals surface area (Å²) in [5.41, 5.74) is 2.09. The molecule has 0 radical (unpaired) electrons. The van der Waals surface area contributed by atoms with E-state index in [1.54, 1.807) is 11.8 Å². The maximum absolute atomic E-state index is 11.7. The number of nitrogens with zero attached hydrogens (tertiary/aromatic N) is 1. The Balaban J connectivity index is 1.83. The van der Waals surface area contributed by atoms with E-state index < -0.39 is 12.0 Å². The van der Waals surface area contributed by atoms with Gasteiger partial charge in [-0.2, -0.15) is 0 Å². The van der Waals surface area contributed by atoms with Gasteiger partial charge in [0.25, 0.3) is 0 Å². The van der Waals surface area contributed by atoms with Gasteiger partial charge in [0.2, 0.25) is 0 Å². The molecule has 0 spiro atoms. The third-order valence-electron chi connectivity index (χ3n) is 4.13. The third kappa shape index (κ3) is 4.29. The molecule has 2 unspecified atom stereocenters. The van der Waals surface area contributed by atoms with Gasteiger partial charge in [-0.05, 0) is 42.3 Å². The Kier molecular flexibility index (Phi) is 5.89. The summed E-state index contributed by atoms with van der Waals surface area (Å²) in [6.45, 7) is 3.13. The van der Waals surface area contributed by atoms with Gasteiger partial charge in [0.05, 0.1) is 12.0 Å². The normalized spacial score (nSPS) is 20.6. The molecule has 1 heterocycles. The van der Waals surface area contributed by atoms with E-state index in [9.17, 15) is 9.90 Å². The van der Waals surface area contributed by atoms with Gasteiger partial charge < -0.3 is 9.84 Å². The van der Waals surface area contributed by atoms with Gasteiger partial charge in [-0.25, -0.2) is 0 Å². The van der Waals surface area contributed by atoms with Gasteiger partial charge >= 0.3 is 5.97 Å². The molecule has 3 rings (SSSR count). The fourth-order valence-electron chi connectivity index (χ4n) is 2.96. The lowest BCUT2D eigenvalue weighted by Crippen LogP contribution is -2.38. The minimum atomic E-state index is -0.789. The van der Waals surface area contributed by atoms with Crippen LogP contribution in [0.5, 0.6) is 5.75 Å². The Morgan fingerprint density at radius 1 is 1.32 bits per heavy atom. The minimum Gasteiger partial charge on any atom is -0.494 e. The Morgan fingerprint density at radius 3 is 2.72 bits per heavy atom. The smallest absolute Gasteiger partial charge is 0.321 e. The maximum atomic E-state index is 11.7. The number of carbonyl (C=O) groups is 1. The van der Waals surface area contributed by atoms with Gasteiger partial charge in [0.1, 0.15) is 11.8 Å². The standard InChI is InChI=1S/C19H20ClNO3S/c1-2-24-16-8-6-13(7-9-16)11-21-17(19(22)23)12-25-18(21)14-4-3-5-15(20)10-14/h3-10,17-18H,2,11-12H2,1H3,(H,22,23). The summed E-state index contributed by atoms with van der Waals surface area (Å²) in [6.07, 6.45) is 0. The van der Waals surface area contributed by atoms with E-state index >= 15 is 0 Å².